The number of aromatic amines is 1. The second-order valence-electron chi connectivity index (χ2n) is 7.53. The van der Waals surface area contributed by atoms with Crippen LogP contribution in [0, 0.1) is 5.82 Å². The summed E-state index contributed by atoms with van der Waals surface area (Å²) in [5, 5.41) is 2.97. The van der Waals surface area contributed by atoms with Gasteiger partial charge in [-0.2, -0.15) is 0 Å². The number of para-hydroxylation sites is 1. The van der Waals surface area contributed by atoms with Crippen LogP contribution < -0.4 is 15.6 Å². The number of anilines is 1. The lowest BCUT2D eigenvalue weighted by Crippen LogP contribution is -2.35. The SMILES string of the molecule is COc1ccccc1CN1CCc2nc(SCC(=O)Nc3ccc(F)c(Cl)c3)[nH]c(=O)c2C1. The number of carbonyl (C=O) groups is 1. The summed E-state index contributed by atoms with van der Waals surface area (Å²) in [6, 6.07) is 11.8. The highest BCUT2D eigenvalue weighted by Crippen LogP contribution is 2.24. The number of thioether (sulfide) groups is 1. The topological polar surface area (TPSA) is 87.3 Å². The normalized spacial score (nSPS) is 13.4. The summed E-state index contributed by atoms with van der Waals surface area (Å²) in [6.45, 7) is 1.93. The van der Waals surface area contributed by atoms with Gasteiger partial charge in [-0.3, -0.25) is 14.5 Å². The Labute approximate surface area is 199 Å². The smallest absolute Gasteiger partial charge is 0.256 e. The third kappa shape index (κ3) is 5.73. The Balaban J connectivity index is 1.38. The minimum absolute atomic E-state index is 0.0383. The van der Waals surface area contributed by atoms with E-state index in [1.165, 1.54) is 18.2 Å². The molecule has 172 valence electrons. The summed E-state index contributed by atoms with van der Waals surface area (Å²) in [5.41, 5.74) is 2.66. The zero-order valence-electron chi connectivity index (χ0n) is 17.9. The largest absolute Gasteiger partial charge is 0.496 e. The summed E-state index contributed by atoms with van der Waals surface area (Å²) in [6.07, 6.45) is 0.641. The first kappa shape index (κ1) is 23.3. The summed E-state index contributed by atoms with van der Waals surface area (Å²) < 4.78 is 18.7. The Morgan fingerprint density at radius 3 is 2.94 bits per heavy atom. The average molecular weight is 489 g/mol. The molecule has 10 heteroatoms. The number of carbonyl (C=O) groups excluding carboxylic acids is 1. The van der Waals surface area contributed by atoms with E-state index in [2.05, 4.69) is 20.2 Å². The second-order valence-corrected chi connectivity index (χ2v) is 8.91. The monoisotopic (exact) mass is 488 g/mol. The number of benzene rings is 2. The lowest BCUT2D eigenvalue weighted by atomic mass is 10.1. The van der Waals surface area contributed by atoms with Gasteiger partial charge in [-0.05, 0) is 24.3 Å². The predicted octanol–water partition coefficient (Wildman–Crippen LogP) is 3.86. The fourth-order valence-corrected chi connectivity index (χ4v) is 4.50. The first-order valence-corrected chi connectivity index (χ1v) is 11.6. The van der Waals surface area contributed by atoms with Crippen molar-refractivity contribution in [2.75, 3.05) is 24.7 Å². The molecular weight excluding hydrogens is 467 g/mol. The van der Waals surface area contributed by atoms with Gasteiger partial charge in [-0.15, -0.1) is 0 Å². The molecule has 1 aromatic heterocycles. The molecular formula is C23H22ClFN4O3S. The van der Waals surface area contributed by atoms with Crippen LogP contribution in [0.1, 0.15) is 16.8 Å². The fourth-order valence-electron chi connectivity index (χ4n) is 3.64. The lowest BCUT2D eigenvalue weighted by Gasteiger charge is -2.28. The molecule has 3 aromatic rings. The van der Waals surface area contributed by atoms with Crippen LogP contribution in [0.4, 0.5) is 10.1 Å². The van der Waals surface area contributed by atoms with E-state index in [0.717, 1.165) is 35.3 Å². The number of nitrogens with one attached hydrogen (secondary N) is 2. The number of fused-ring (bicyclic) bond motifs is 1. The summed E-state index contributed by atoms with van der Waals surface area (Å²) >= 11 is 6.87. The number of methoxy groups -OCH3 is 1. The number of nitrogens with zero attached hydrogens (tertiary/aromatic N) is 2. The van der Waals surface area contributed by atoms with Gasteiger partial charge in [0.15, 0.2) is 5.16 Å². The van der Waals surface area contributed by atoms with Gasteiger partial charge in [0.05, 0.1) is 29.1 Å². The molecule has 0 radical (unpaired) electrons. The van der Waals surface area contributed by atoms with Crippen LogP contribution in [0.15, 0.2) is 52.4 Å². The van der Waals surface area contributed by atoms with Crippen molar-refractivity contribution in [1.29, 1.82) is 0 Å². The summed E-state index contributed by atoms with van der Waals surface area (Å²) in [7, 11) is 1.65. The highest BCUT2D eigenvalue weighted by molar-refractivity contribution is 7.99. The van der Waals surface area contributed by atoms with E-state index in [1.807, 2.05) is 24.3 Å². The summed E-state index contributed by atoms with van der Waals surface area (Å²) in [4.78, 5) is 34.4. The zero-order valence-corrected chi connectivity index (χ0v) is 19.4. The maximum Gasteiger partial charge on any atom is 0.256 e. The molecule has 2 heterocycles. The van der Waals surface area contributed by atoms with E-state index in [4.69, 9.17) is 16.3 Å². The third-order valence-corrected chi connectivity index (χ3v) is 6.42. The third-order valence-electron chi connectivity index (χ3n) is 5.26. The molecule has 7 nitrogen and oxygen atoms in total. The van der Waals surface area contributed by atoms with Crippen molar-refractivity contribution in [3.8, 4) is 5.75 Å². The molecule has 0 fully saturated rings. The lowest BCUT2D eigenvalue weighted by molar-refractivity contribution is -0.113. The molecule has 0 spiro atoms. The molecule has 1 amide bonds. The molecule has 0 atom stereocenters. The van der Waals surface area contributed by atoms with Gasteiger partial charge in [0, 0.05) is 37.3 Å². The first-order chi connectivity index (χ1) is 15.9. The van der Waals surface area contributed by atoms with Crippen LogP contribution >= 0.6 is 23.4 Å². The minimum atomic E-state index is -0.554. The van der Waals surface area contributed by atoms with Crippen LogP contribution in [-0.2, 0) is 24.3 Å². The van der Waals surface area contributed by atoms with Crippen LogP contribution in [0.5, 0.6) is 5.75 Å². The first-order valence-electron chi connectivity index (χ1n) is 10.3. The molecule has 0 unspecified atom stereocenters. The second kappa shape index (κ2) is 10.4. The quantitative estimate of drug-likeness (QED) is 0.388. The van der Waals surface area contributed by atoms with Gasteiger partial charge in [0.1, 0.15) is 11.6 Å². The van der Waals surface area contributed by atoms with Crippen molar-refractivity contribution in [2.24, 2.45) is 0 Å². The number of rotatable bonds is 7. The maximum atomic E-state index is 13.2. The number of halogens is 2. The Morgan fingerprint density at radius 1 is 1.33 bits per heavy atom. The Morgan fingerprint density at radius 2 is 2.15 bits per heavy atom. The average Bonchev–Trinajstić information content (AvgIpc) is 2.81. The van der Waals surface area contributed by atoms with Crippen LogP contribution in [0.2, 0.25) is 5.02 Å². The molecule has 0 saturated carbocycles. The number of aromatic nitrogens is 2. The molecule has 2 aromatic carbocycles. The number of amides is 1. The number of hydrogen-bond donors (Lipinski definition) is 2. The van der Waals surface area contributed by atoms with E-state index in [1.54, 1.807) is 7.11 Å². The standard InChI is InChI=1S/C23H22ClFN4O3S/c1-32-20-5-3-2-4-14(20)11-29-9-8-19-16(12-29)22(31)28-23(27-19)33-13-21(30)26-15-6-7-18(25)17(24)10-15/h2-7,10H,8-9,11-13H2,1H3,(H,26,30)(H,27,28,31). The Kier molecular flexibility index (Phi) is 7.32. The van der Waals surface area contributed by atoms with Gasteiger partial charge < -0.3 is 15.0 Å². The van der Waals surface area contributed by atoms with E-state index in [9.17, 15) is 14.0 Å². The molecule has 0 saturated heterocycles. The van der Waals surface area contributed by atoms with Crippen LogP contribution in [-0.4, -0.2) is 40.2 Å². The van der Waals surface area contributed by atoms with Crippen molar-refractivity contribution in [2.45, 2.75) is 24.7 Å². The van der Waals surface area contributed by atoms with Crippen molar-refractivity contribution < 1.29 is 13.9 Å². The highest BCUT2D eigenvalue weighted by atomic mass is 35.5. The highest BCUT2D eigenvalue weighted by Gasteiger charge is 2.22. The number of hydrogen-bond acceptors (Lipinski definition) is 6. The van der Waals surface area contributed by atoms with Gasteiger partial charge in [0.2, 0.25) is 5.91 Å². The molecule has 1 aliphatic heterocycles. The molecule has 4 rings (SSSR count). The van der Waals surface area contributed by atoms with Gasteiger partial charge in [0.25, 0.3) is 5.56 Å². The van der Waals surface area contributed by atoms with Crippen molar-refractivity contribution in [3.63, 3.8) is 0 Å². The maximum absolute atomic E-state index is 13.2. The molecule has 0 aliphatic carbocycles. The molecule has 2 N–H and O–H groups in total. The zero-order chi connectivity index (χ0) is 23.4. The van der Waals surface area contributed by atoms with Crippen LogP contribution in [0.25, 0.3) is 0 Å². The summed E-state index contributed by atoms with van der Waals surface area (Å²) in [5.74, 6) is -0.00736. The van der Waals surface area contributed by atoms with Gasteiger partial charge in [-0.25, -0.2) is 9.37 Å². The number of H-pyrrole nitrogens is 1. The van der Waals surface area contributed by atoms with Gasteiger partial charge in [-0.1, -0.05) is 41.6 Å². The van der Waals surface area contributed by atoms with E-state index in [-0.39, 0.29) is 22.2 Å². The molecule has 0 bridgehead atoms. The van der Waals surface area contributed by atoms with Crippen molar-refractivity contribution in [3.05, 3.63) is 80.5 Å². The Bertz CT molecular complexity index is 1240. The molecule has 1 aliphatic rings. The Hall–Kier alpha value is -2.88. The number of ether oxygens (including phenoxy) is 1. The van der Waals surface area contributed by atoms with Crippen molar-refractivity contribution in [1.82, 2.24) is 14.9 Å². The van der Waals surface area contributed by atoms with E-state index >= 15 is 0 Å². The van der Waals surface area contributed by atoms with E-state index in [0.29, 0.717) is 35.9 Å². The predicted molar refractivity (Wildman–Crippen MR) is 126 cm³/mol. The fraction of sp³-hybridized carbons (Fsp3) is 0.261. The van der Waals surface area contributed by atoms with Gasteiger partial charge >= 0.3 is 0 Å². The van der Waals surface area contributed by atoms with Crippen LogP contribution in [0.3, 0.4) is 0 Å². The minimum Gasteiger partial charge on any atom is -0.496 e. The molecule has 33 heavy (non-hydrogen) atoms. The van der Waals surface area contributed by atoms with Crippen molar-refractivity contribution >= 4 is 35.0 Å². The van der Waals surface area contributed by atoms with E-state index < -0.39 is 5.82 Å².